The van der Waals surface area contributed by atoms with Gasteiger partial charge in [0.2, 0.25) is 15.9 Å². The third-order valence-electron chi connectivity index (χ3n) is 3.89. The summed E-state index contributed by atoms with van der Waals surface area (Å²) in [4.78, 5) is 13.4. The molecule has 1 amide bonds. The number of hydrogen-bond acceptors (Lipinski definition) is 6. The van der Waals surface area contributed by atoms with E-state index in [1.54, 1.807) is 13.8 Å². The van der Waals surface area contributed by atoms with Crippen LogP contribution in [0.3, 0.4) is 0 Å². The van der Waals surface area contributed by atoms with Gasteiger partial charge in [-0.3, -0.25) is 9.89 Å². The molecule has 2 rings (SSSR count). The number of hydrogen-bond donors (Lipinski definition) is 2. The number of aryl methyl sites for hydroxylation is 2. The Kier molecular flexibility index (Phi) is 4.83. The molecule has 0 aliphatic carbocycles. The van der Waals surface area contributed by atoms with Crippen LogP contribution in [0, 0.1) is 13.8 Å². The minimum atomic E-state index is -3.86. The van der Waals surface area contributed by atoms with Gasteiger partial charge in [-0.25, -0.2) is 21.6 Å². The predicted octanol–water partition coefficient (Wildman–Crippen LogP) is -1.05. The maximum absolute atomic E-state index is 12.2. The lowest BCUT2D eigenvalue weighted by Crippen LogP contribution is -2.43. The number of amides is 1. The topological polar surface area (TPSA) is 129 Å². The summed E-state index contributed by atoms with van der Waals surface area (Å²) in [6, 6.07) is -0.408. The molecule has 130 valence electrons. The van der Waals surface area contributed by atoms with Crippen LogP contribution in [0.1, 0.15) is 17.8 Å². The van der Waals surface area contributed by atoms with Crippen molar-refractivity contribution < 1.29 is 21.6 Å². The summed E-state index contributed by atoms with van der Waals surface area (Å²) in [6.45, 7) is 2.70. The van der Waals surface area contributed by atoms with Gasteiger partial charge in [-0.2, -0.15) is 5.10 Å². The molecule has 0 saturated carbocycles. The second-order valence-corrected chi connectivity index (χ2v) is 9.58. The monoisotopic (exact) mass is 364 g/mol. The molecule has 1 aliphatic heterocycles. The smallest absolute Gasteiger partial charge is 0.244 e. The largest absolute Gasteiger partial charge is 0.341 e. The van der Waals surface area contributed by atoms with Crippen LogP contribution in [0.25, 0.3) is 0 Å². The van der Waals surface area contributed by atoms with Crippen molar-refractivity contribution in [3.63, 3.8) is 0 Å². The summed E-state index contributed by atoms with van der Waals surface area (Å²) in [5, 5.41) is 6.39. The summed E-state index contributed by atoms with van der Waals surface area (Å²) in [5.74, 6) is -0.509. The summed E-state index contributed by atoms with van der Waals surface area (Å²) < 4.78 is 49.6. The number of carbonyl (C=O) groups excluding carboxylic acids is 1. The van der Waals surface area contributed by atoms with E-state index < -0.39 is 38.4 Å². The van der Waals surface area contributed by atoms with Crippen molar-refractivity contribution in [1.82, 2.24) is 19.8 Å². The molecule has 1 aromatic heterocycles. The number of sulfone groups is 1. The second kappa shape index (κ2) is 6.21. The first-order chi connectivity index (χ1) is 10.5. The van der Waals surface area contributed by atoms with Crippen LogP contribution in [0.2, 0.25) is 0 Å². The Morgan fingerprint density at radius 2 is 2.09 bits per heavy atom. The van der Waals surface area contributed by atoms with Crippen molar-refractivity contribution in [1.29, 1.82) is 0 Å². The average Bonchev–Trinajstić information content (AvgIpc) is 2.98. The van der Waals surface area contributed by atoms with Gasteiger partial charge in [-0.1, -0.05) is 0 Å². The van der Waals surface area contributed by atoms with Gasteiger partial charge >= 0.3 is 0 Å². The van der Waals surface area contributed by atoms with Crippen molar-refractivity contribution in [2.45, 2.75) is 31.2 Å². The van der Waals surface area contributed by atoms with E-state index in [1.165, 1.54) is 11.9 Å². The van der Waals surface area contributed by atoms with Crippen LogP contribution in [0.15, 0.2) is 4.90 Å². The minimum Gasteiger partial charge on any atom is -0.341 e. The molecule has 1 unspecified atom stereocenters. The van der Waals surface area contributed by atoms with E-state index in [1.807, 2.05) is 0 Å². The highest BCUT2D eigenvalue weighted by atomic mass is 32.2. The van der Waals surface area contributed by atoms with Gasteiger partial charge in [0.1, 0.15) is 4.90 Å². The molecule has 2 heterocycles. The quantitative estimate of drug-likeness (QED) is 0.686. The zero-order chi connectivity index (χ0) is 17.4. The first-order valence-corrected chi connectivity index (χ1v) is 10.3. The Hall–Kier alpha value is -1.46. The fraction of sp³-hybridized carbons (Fsp3) is 0.667. The van der Waals surface area contributed by atoms with E-state index in [9.17, 15) is 21.6 Å². The molecular weight excluding hydrogens is 344 g/mol. The standard InChI is InChI=1S/C12H20N4O5S2/c1-8-12(9(2)15-14-8)23(20,21)13-6-11(17)16(3)10-4-5-22(18,19)7-10/h10,13H,4-7H2,1-3H3,(H,14,15). The highest BCUT2D eigenvalue weighted by Crippen LogP contribution is 2.18. The number of aromatic nitrogens is 2. The lowest BCUT2D eigenvalue weighted by Gasteiger charge is -2.23. The highest BCUT2D eigenvalue weighted by Gasteiger charge is 2.33. The summed E-state index contributed by atoms with van der Waals surface area (Å²) in [7, 11) is -5.49. The zero-order valence-corrected chi connectivity index (χ0v) is 14.8. The maximum atomic E-state index is 12.2. The molecule has 1 saturated heterocycles. The lowest BCUT2D eigenvalue weighted by molar-refractivity contribution is -0.130. The van der Waals surface area contributed by atoms with E-state index in [2.05, 4.69) is 14.9 Å². The second-order valence-electron chi connectivity index (χ2n) is 5.65. The molecule has 0 aromatic carbocycles. The van der Waals surface area contributed by atoms with E-state index in [4.69, 9.17) is 0 Å². The highest BCUT2D eigenvalue weighted by molar-refractivity contribution is 7.91. The SMILES string of the molecule is Cc1n[nH]c(C)c1S(=O)(=O)NCC(=O)N(C)C1CCS(=O)(=O)C1. The van der Waals surface area contributed by atoms with Gasteiger partial charge in [0.05, 0.1) is 29.4 Å². The molecule has 0 radical (unpaired) electrons. The summed E-state index contributed by atoms with van der Waals surface area (Å²) >= 11 is 0. The predicted molar refractivity (Wildman–Crippen MR) is 83.1 cm³/mol. The minimum absolute atomic E-state index is 0.0244. The fourth-order valence-corrected chi connectivity index (χ4v) is 5.69. The summed E-state index contributed by atoms with van der Waals surface area (Å²) in [6.07, 6.45) is 0.372. The van der Waals surface area contributed by atoms with Crippen molar-refractivity contribution in [3.8, 4) is 0 Å². The number of aromatic amines is 1. The Morgan fingerprint density at radius 1 is 1.43 bits per heavy atom. The molecule has 1 fully saturated rings. The average molecular weight is 364 g/mol. The van der Waals surface area contributed by atoms with Crippen LogP contribution in [0.4, 0.5) is 0 Å². The normalized spacial score (nSPS) is 20.6. The number of rotatable bonds is 5. The number of nitrogens with one attached hydrogen (secondary N) is 2. The Morgan fingerprint density at radius 3 is 2.57 bits per heavy atom. The summed E-state index contributed by atoms with van der Waals surface area (Å²) in [5.41, 5.74) is 0.704. The number of likely N-dealkylation sites (N-methyl/N-ethyl adjacent to an activating group) is 1. The van der Waals surface area contributed by atoms with Gasteiger partial charge in [-0.05, 0) is 20.3 Å². The number of nitrogens with zero attached hydrogens (tertiary/aromatic N) is 2. The third-order valence-corrected chi connectivity index (χ3v) is 7.31. The van der Waals surface area contributed by atoms with E-state index in [-0.39, 0.29) is 16.4 Å². The van der Waals surface area contributed by atoms with Crippen molar-refractivity contribution >= 4 is 25.8 Å². The Balaban J connectivity index is 2.02. The van der Waals surface area contributed by atoms with E-state index >= 15 is 0 Å². The van der Waals surface area contributed by atoms with Gasteiger partial charge in [-0.15, -0.1) is 0 Å². The molecule has 23 heavy (non-hydrogen) atoms. The first-order valence-electron chi connectivity index (χ1n) is 7.01. The van der Waals surface area contributed by atoms with Crippen molar-refractivity contribution in [2.75, 3.05) is 25.1 Å². The lowest BCUT2D eigenvalue weighted by atomic mass is 10.2. The molecule has 9 nitrogen and oxygen atoms in total. The molecule has 1 aromatic rings. The molecule has 11 heteroatoms. The van der Waals surface area contributed by atoms with E-state index in [0.717, 1.165) is 0 Å². The molecule has 1 atom stereocenters. The molecule has 0 spiro atoms. The van der Waals surface area contributed by atoms with Crippen LogP contribution in [0.5, 0.6) is 0 Å². The molecular formula is C12H20N4O5S2. The van der Waals surface area contributed by atoms with Gasteiger partial charge in [0.15, 0.2) is 9.84 Å². The van der Waals surface area contributed by atoms with Crippen molar-refractivity contribution in [3.05, 3.63) is 11.4 Å². The van der Waals surface area contributed by atoms with Gasteiger partial charge in [0.25, 0.3) is 0 Å². The van der Waals surface area contributed by atoms with Crippen LogP contribution in [-0.2, 0) is 24.7 Å². The Bertz CT molecular complexity index is 793. The Labute approximate surface area is 135 Å². The number of sulfonamides is 1. The van der Waals surface area contributed by atoms with E-state index in [0.29, 0.717) is 17.8 Å². The van der Waals surface area contributed by atoms with Crippen LogP contribution in [-0.4, -0.2) is 69.0 Å². The maximum Gasteiger partial charge on any atom is 0.244 e. The number of carbonyl (C=O) groups is 1. The fourth-order valence-electron chi connectivity index (χ4n) is 2.57. The van der Waals surface area contributed by atoms with Crippen LogP contribution < -0.4 is 4.72 Å². The zero-order valence-electron chi connectivity index (χ0n) is 13.2. The number of H-pyrrole nitrogens is 1. The molecule has 0 bridgehead atoms. The molecule has 2 N–H and O–H groups in total. The first kappa shape index (κ1) is 17.9. The third kappa shape index (κ3) is 3.90. The molecule has 1 aliphatic rings. The van der Waals surface area contributed by atoms with Gasteiger partial charge < -0.3 is 4.90 Å². The van der Waals surface area contributed by atoms with Crippen molar-refractivity contribution in [2.24, 2.45) is 0 Å². The van der Waals surface area contributed by atoms with Crippen LogP contribution >= 0.6 is 0 Å². The van der Waals surface area contributed by atoms with Gasteiger partial charge in [0, 0.05) is 13.1 Å².